The molecule has 0 fully saturated rings. The standard InChI is InChI=1S/C21H16ClNO5/c1-12-18(21(27)28-2)17(11-13-3-5-14(6-4-13)20(25)26)19(24)23(12)16-9-7-15(22)8-10-16/h3-11H,1-2H3,(H,25,26). The van der Waals surface area contributed by atoms with Gasteiger partial charge in [-0.25, -0.2) is 9.59 Å². The van der Waals surface area contributed by atoms with E-state index in [4.69, 9.17) is 21.4 Å². The Hall–Kier alpha value is -3.38. The Labute approximate surface area is 166 Å². The van der Waals surface area contributed by atoms with E-state index in [2.05, 4.69) is 0 Å². The van der Waals surface area contributed by atoms with Crippen LogP contribution in [0.3, 0.4) is 0 Å². The lowest BCUT2D eigenvalue weighted by atomic mass is 10.0. The van der Waals surface area contributed by atoms with Crippen LogP contribution in [0.4, 0.5) is 5.69 Å². The molecule has 1 N–H and O–H groups in total. The van der Waals surface area contributed by atoms with Crippen LogP contribution in [0.1, 0.15) is 22.8 Å². The molecular formula is C21H16ClNO5. The molecule has 2 aromatic carbocycles. The van der Waals surface area contributed by atoms with Gasteiger partial charge in [-0.3, -0.25) is 9.69 Å². The molecule has 0 spiro atoms. The topological polar surface area (TPSA) is 83.9 Å². The highest BCUT2D eigenvalue weighted by Crippen LogP contribution is 2.35. The van der Waals surface area contributed by atoms with Gasteiger partial charge in [-0.05, 0) is 55.0 Å². The molecule has 1 heterocycles. The Bertz CT molecular complexity index is 1020. The zero-order valence-electron chi connectivity index (χ0n) is 15.1. The fourth-order valence-electron chi connectivity index (χ4n) is 2.97. The van der Waals surface area contributed by atoms with Gasteiger partial charge in [0, 0.05) is 16.4 Å². The average Bonchev–Trinajstić information content (AvgIpc) is 2.92. The van der Waals surface area contributed by atoms with Crippen molar-refractivity contribution in [1.29, 1.82) is 0 Å². The number of carboxylic acid groups (broad SMARTS) is 1. The number of hydrogen-bond acceptors (Lipinski definition) is 4. The van der Waals surface area contributed by atoms with Crippen LogP contribution in [0, 0.1) is 0 Å². The number of allylic oxidation sites excluding steroid dienone is 1. The summed E-state index contributed by atoms with van der Waals surface area (Å²) < 4.78 is 4.86. The van der Waals surface area contributed by atoms with Crippen LogP contribution in [-0.2, 0) is 14.3 Å². The van der Waals surface area contributed by atoms with Crippen LogP contribution in [-0.4, -0.2) is 30.1 Å². The number of nitrogens with zero attached hydrogens (tertiary/aromatic N) is 1. The summed E-state index contributed by atoms with van der Waals surface area (Å²) in [6.07, 6.45) is 1.54. The van der Waals surface area contributed by atoms with Crippen LogP contribution in [0.5, 0.6) is 0 Å². The van der Waals surface area contributed by atoms with Crippen LogP contribution < -0.4 is 4.90 Å². The fourth-order valence-corrected chi connectivity index (χ4v) is 3.10. The van der Waals surface area contributed by atoms with Crippen molar-refractivity contribution in [2.24, 2.45) is 0 Å². The Kier molecular flexibility index (Phi) is 5.33. The normalized spacial score (nSPS) is 15.3. The second-order valence-electron chi connectivity index (χ2n) is 6.05. The summed E-state index contributed by atoms with van der Waals surface area (Å²) in [6, 6.07) is 12.7. The maximum atomic E-state index is 13.1. The molecule has 1 amide bonds. The summed E-state index contributed by atoms with van der Waals surface area (Å²) >= 11 is 5.92. The molecule has 7 heteroatoms. The highest BCUT2D eigenvalue weighted by molar-refractivity contribution is 6.30. The van der Waals surface area contributed by atoms with Gasteiger partial charge in [0.25, 0.3) is 5.91 Å². The lowest BCUT2D eigenvalue weighted by Crippen LogP contribution is -2.24. The molecule has 0 unspecified atom stereocenters. The minimum absolute atomic E-state index is 0.127. The van der Waals surface area contributed by atoms with Crippen LogP contribution >= 0.6 is 11.6 Å². The zero-order chi connectivity index (χ0) is 20.4. The van der Waals surface area contributed by atoms with Crippen molar-refractivity contribution in [3.05, 3.63) is 81.5 Å². The van der Waals surface area contributed by atoms with E-state index in [-0.39, 0.29) is 22.6 Å². The number of rotatable bonds is 4. The predicted octanol–water partition coefficient (Wildman–Crippen LogP) is 3.92. The third-order valence-electron chi connectivity index (χ3n) is 4.34. The van der Waals surface area contributed by atoms with Crippen LogP contribution in [0.2, 0.25) is 5.02 Å². The molecule has 0 bridgehead atoms. The highest BCUT2D eigenvalue weighted by atomic mass is 35.5. The van der Waals surface area contributed by atoms with Crippen molar-refractivity contribution in [2.45, 2.75) is 6.92 Å². The van der Waals surface area contributed by atoms with Crippen molar-refractivity contribution in [3.63, 3.8) is 0 Å². The number of carbonyl (C=O) groups is 3. The van der Waals surface area contributed by atoms with E-state index in [0.29, 0.717) is 22.0 Å². The first-order valence-corrected chi connectivity index (χ1v) is 8.66. The van der Waals surface area contributed by atoms with Gasteiger partial charge in [0.15, 0.2) is 0 Å². The van der Waals surface area contributed by atoms with E-state index in [9.17, 15) is 14.4 Å². The third kappa shape index (κ3) is 3.54. The number of carbonyl (C=O) groups excluding carboxylic acids is 2. The molecule has 6 nitrogen and oxygen atoms in total. The Morgan fingerprint density at radius 2 is 1.68 bits per heavy atom. The first kappa shape index (κ1) is 19.4. The largest absolute Gasteiger partial charge is 0.478 e. The van der Waals surface area contributed by atoms with Gasteiger partial charge in [-0.1, -0.05) is 23.7 Å². The SMILES string of the molecule is COC(=O)C1=C(C)N(c2ccc(Cl)cc2)C(=O)C1=Cc1ccc(C(=O)O)cc1. The minimum Gasteiger partial charge on any atom is -0.478 e. The first-order chi connectivity index (χ1) is 13.3. The zero-order valence-corrected chi connectivity index (χ0v) is 15.9. The number of benzene rings is 2. The van der Waals surface area contributed by atoms with E-state index in [1.807, 2.05) is 0 Å². The molecule has 0 aliphatic carbocycles. The number of esters is 1. The fraction of sp³-hybridized carbons (Fsp3) is 0.0952. The lowest BCUT2D eigenvalue weighted by molar-refractivity contribution is -0.136. The maximum Gasteiger partial charge on any atom is 0.340 e. The van der Waals surface area contributed by atoms with Crippen molar-refractivity contribution >= 4 is 41.2 Å². The number of anilines is 1. The van der Waals surface area contributed by atoms with E-state index in [1.165, 1.54) is 24.1 Å². The van der Waals surface area contributed by atoms with Crippen LogP contribution in [0.15, 0.2) is 65.4 Å². The third-order valence-corrected chi connectivity index (χ3v) is 4.60. The predicted molar refractivity (Wildman–Crippen MR) is 105 cm³/mol. The molecule has 2 aromatic rings. The highest BCUT2D eigenvalue weighted by Gasteiger charge is 2.37. The molecular weight excluding hydrogens is 382 g/mol. The molecule has 0 saturated heterocycles. The number of hydrogen-bond donors (Lipinski definition) is 1. The average molecular weight is 398 g/mol. The van der Waals surface area contributed by atoms with Crippen molar-refractivity contribution in [2.75, 3.05) is 12.0 Å². The molecule has 1 aliphatic rings. The van der Waals surface area contributed by atoms with Gasteiger partial charge < -0.3 is 9.84 Å². The van der Waals surface area contributed by atoms with E-state index in [0.717, 1.165) is 0 Å². The van der Waals surface area contributed by atoms with Crippen molar-refractivity contribution < 1.29 is 24.2 Å². The molecule has 0 saturated carbocycles. The lowest BCUT2D eigenvalue weighted by Gasteiger charge is -2.17. The summed E-state index contributed by atoms with van der Waals surface area (Å²) in [6.45, 7) is 1.66. The maximum absolute atomic E-state index is 13.1. The number of aromatic carboxylic acids is 1. The smallest absolute Gasteiger partial charge is 0.340 e. The van der Waals surface area contributed by atoms with E-state index >= 15 is 0 Å². The van der Waals surface area contributed by atoms with Gasteiger partial charge in [-0.2, -0.15) is 0 Å². The molecule has 3 rings (SSSR count). The van der Waals surface area contributed by atoms with E-state index in [1.54, 1.807) is 49.4 Å². The van der Waals surface area contributed by atoms with Crippen LogP contribution in [0.25, 0.3) is 6.08 Å². The van der Waals surface area contributed by atoms with Crippen molar-refractivity contribution in [3.8, 4) is 0 Å². The quantitative estimate of drug-likeness (QED) is 0.624. The van der Waals surface area contributed by atoms with Gasteiger partial charge >= 0.3 is 11.9 Å². The number of halogens is 1. The van der Waals surface area contributed by atoms with Gasteiger partial charge in [-0.15, -0.1) is 0 Å². The summed E-state index contributed by atoms with van der Waals surface area (Å²) in [5.41, 5.74) is 2.04. The molecule has 142 valence electrons. The molecule has 28 heavy (non-hydrogen) atoms. The Balaban J connectivity index is 2.08. The first-order valence-electron chi connectivity index (χ1n) is 8.28. The van der Waals surface area contributed by atoms with Gasteiger partial charge in [0.05, 0.1) is 23.8 Å². The number of carboxylic acids is 1. The molecule has 0 radical (unpaired) electrons. The number of methoxy groups -OCH3 is 1. The summed E-state index contributed by atoms with van der Waals surface area (Å²) in [7, 11) is 1.25. The summed E-state index contributed by atoms with van der Waals surface area (Å²) in [5, 5.41) is 9.54. The summed E-state index contributed by atoms with van der Waals surface area (Å²) in [4.78, 5) is 37.9. The Morgan fingerprint density at radius 1 is 1.07 bits per heavy atom. The van der Waals surface area contributed by atoms with Gasteiger partial charge in [0.2, 0.25) is 0 Å². The number of ether oxygens (including phenoxy) is 1. The molecule has 0 aromatic heterocycles. The van der Waals surface area contributed by atoms with Gasteiger partial charge in [0.1, 0.15) is 0 Å². The second-order valence-corrected chi connectivity index (χ2v) is 6.49. The number of amides is 1. The minimum atomic E-state index is -1.05. The summed E-state index contributed by atoms with van der Waals surface area (Å²) in [5.74, 6) is -2.06. The van der Waals surface area contributed by atoms with Crippen molar-refractivity contribution in [1.82, 2.24) is 0 Å². The molecule has 1 aliphatic heterocycles. The van der Waals surface area contributed by atoms with E-state index < -0.39 is 11.9 Å². The molecule has 0 atom stereocenters. The monoisotopic (exact) mass is 397 g/mol. The Morgan fingerprint density at radius 3 is 2.21 bits per heavy atom. The second kappa shape index (κ2) is 7.70.